The highest BCUT2D eigenvalue weighted by Crippen LogP contribution is 2.44. The zero-order valence-electron chi connectivity index (χ0n) is 18.8. The molecule has 0 radical (unpaired) electrons. The van der Waals surface area contributed by atoms with Crippen LogP contribution in [0.5, 0.6) is 0 Å². The molecule has 1 aliphatic rings. The second-order valence-electron chi connectivity index (χ2n) is 8.92. The molecule has 0 saturated heterocycles. The fourth-order valence-corrected chi connectivity index (χ4v) is 4.52. The van der Waals surface area contributed by atoms with E-state index in [1.54, 1.807) is 12.4 Å². The van der Waals surface area contributed by atoms with Crippen LogP contribution in [0.1, 0.15) is 61.0 Å². The fraction of sp³-hybridized carbons (Fsp3) is 0.292. The van der Waals surface area contributed by atoms with Crippen molar-refractivity contribution in [2.45, 2.75) is 46.1 Å². The van der Waals surface area contributed by atoms with Gasteiger partial charge in [0.25, 0.3) is 5.91 Å². The van der Waals surface area contributed by atoms with Crippen LogP contribution in [0.2, 0.25) is 0 Å². The zero-order chi connectivity index (χ0) is 22.6. The molecule has 4 aromatic rings. The van der Waals surface area contributed by atoms with Gasteiger partial charge in [0.15, 0.2) is 5.82 Å². The summed E-state index contributed by atoms with van der Waals surface area (Å²) in [5, 5.41) is 11.1. The number of carbonyl (C=O) groups excluding carboxylic acids is 1. The quantitative estimate of drug-likeness (QED) is 0.524. The van der Waals surface area contributed by atoms with Crippen LogP contribution in [0, 0.1) is 6.92 Å². The average molecular weight is 428 g/mol. The van der Waals surface area contributed by atoms with E-state index in [2.05, 4.69) is 57.7 Å². The number of aryl methyl sites for hydroxylation is 1. The molecule has 0 fully saturated rings. The molecule has 1 aliphatic heterocycles. The van der Waals surface area contributed by atoms with Gasteiger partial charge >= 0.3 is 0 Å². The number of pyridine rings is 1. The Morgan fingerprint density at radius 2 is 1.94 bits per heavy atom. The molecule has 3 aromatic heterocycles. The van der Waals surface area contributed by atoms with Gasteiger partial charge in [-0.3, -0.25) is 4.79 Å². The summed E-state index contributed by atoms with van der Waals surface area (Å²) in [5.74, 6) is 0.913. The topological polar surface area (TPSA) is 90.5 Å². The average Bonchev–Trinajstić information content (AvgIpc) is 3.45. The summed E-state index contributed by atoms with van der Waals surface area (Å²) in [6.07, 6.45) is 3.51. The summed E-state index contributed by atoms with van der Waals surface area (Å²) >= 11 is 0. The summed E-state index contributed by atoms with van der Waals surface area (Å²) in [7, 11) is 0. The molecule has 0 unspecified atom stereocenters. The van der Waals surface area contributed by atoms with Gasteiger partial charge in [-0.2, -0.15) is 0 Å². The Balaban J connectivity index is 1.45. The van der Waals surface area contributed by atoms with Crippen molar-refractivity contribution >= 4 is 11.7 Å². The van der Waals surface area contributed by atoms with E-state index in [0.29, 0.717) is 22.9 Å². The zero-order valence-corrected chi connectivity index (χ0v) is 18.8. The number of rotatable bonds is 4. The lowest BCUT2D eigenvalue weighted by Gasteiger charge is -2.19. The number of amides is 1. The second-order valence-corrected chi connectivity index (χ2v) is 8.92. The van der Waals surface area contributed by atoms with Gasteiger partial charge in [-0.25, -0.2) is 9.97 Å². The lowest BCUT2D eigenvalue weighted by atomic mass is 9.82. The first kappa shape index (κ1) is 20.1. The van der Waals surface area contributed by atoms with E-state index in [4.69, 9.17) is 0 Å². The summed E-state index contributed by atoms with van der Waals surface area (Å²) < 4.78 is 4.03. The number of carbonyl (C=O) groups is 1. The number of benzene rings is 1. The predicted octanol–water partition coefficient (Wildman–Crippen LogP) is 4.31. The minimum atomic E-state index is -0.217. The van der Waals surface area contributed by atoms with Gasteiger partial charge < -0.3 is 14.5 Å². The third-order valence-corrected chi connectivity index (χ3v) is 6.08. The van der Waals surface area contributed by atoms with Crippen LogP contribution in [-0.2, 0) is 5.41 Å². The smallest absolute Gasteiger partial charge is 0.256 e. The maximum Gasteiger partial charge on any atom is 0.256 e. The molecule has 8 heteroatoms. The van der Waals surface area contributed by atoms with Crippen LogP contribution < -0.4 is 5.32 Å². The molecule has 0 saturated carbocycles. The first-order valence-corrected chi connectivity index (χ1v) is 10.6. The summed E-state index contributed by atoms with van der Waals surface area (Å²) in [6.45, 7) is 10.5. The van der Waals surface area contributed by atoms with Crippen LogP contribution in [0.4, 0.5) is 5.82 Å². The molecule has 0 aliphatic carbocycles. The van der Waals surface area contributed by atoms with Gasteiger partial charge in [-0.1, -0.05) is 26.0 Å². The minimum absolute atomic E-state index is 0.160. The molecule has 32 heavy (non-hydrogen) atoms. The Morgan fingerprint density at radius 3 is 2.72 bits per heavy atom. The van der Waals surface area contributed by atoms with Crippen LogP contribution in [0.3, 0.4) is 0 Å². The summed E-state index contributed by atoms with van der Waals surface area (Å²) in [4.78, 5) is 22.1. The number of nitrogens with zero attached hydrogens (tertiary/aromatic N) is 6. The van der Waals surface area contributed by atoms with Crippen molar-refractivity contribution in [3.8, 4) is 17.2 Å². The Morgan fingerprint density at radius 1 is 1.12 bits per heavy atom. The first-order chi connectivity index (χ1) is 15.3. The molecule has 1 N–H and O–H groups in total. The molecule has 0 spiro atoms. The molecule has 162 valence electrons. The largest absolute Gasteiger partial charge is 0.310 e. The number of aromatic nitrogens is 6. The normalized spacial score (nSPS) is 13.8. The van der Waals surface area contributed by atoms with Gasteiger partial charge in [0, 0.05) is 17.0 Å². The number of imidazole rings is 1. The highest BCUT2D eigenvalue weighted by Gasteiger charge is 2.38. The molecular weight excluding hydrogens is 402 g/mol. The molecule has 0 atom stereocenters. The molecule has 0 bridgehead atoms. The minimum Gasteiger partial charge on any atom is -0.310 e. The van der Waals surface area contributed by atoms with Crippen molar-refractivity contribution < 1.29 is 4.79 Å². The van der Waals surface area contributed by atoms with Gasteiger partial charge in [-0.05, 0) is 50.6 Å². The van der Waals surface area contributed by atoms with Crippen molar-refractivity contribution in [2.24, 2.45) is 0 Å². The molecule has 1 aromatic carbocycles. The lowest BCUT2D eigenvalue weighted by molar-refractivity contribution is 0.102. The highest BCUT2D eigenvalue weighted by atomic mass is 16.1. The van der Waals surface area contributed by atoms with E-state index >= 15 is 0 Å². The Kier molecular flexibility index (Phi) is 4.47. The molecule has 8 nitrogen and oxygen atoms in total. The molecule has 1 amide bonds. The molecule has 5 rings (SSSR count). The summed E-state index contributed by atoms with van der Waals surface area (Å²) in [5.41, 5.74) is 5.40. The van der Waals surface area contributed by atoms with Crippen molar-refractivity contribution in [3.05, 3.63) is 71.6 Å². The standard InChI is InChI=1S/C24H25N7O/c1-14(2)30-13-26-29-22(30)18-7-6-8-20(27-18)28-23(32)16-9-10-17-19(11-16)31-12-25-15(3)21(31)24(17,4)5/h6-14H,1-5H3,(H,27,28,32). The van der Waals surface area contributed by atoms with Crippen molar-refractivity contribution in [1.29, 1.82) is 0 Å². The number of hydrogen-bond acceptors (Lipinski definition) is 5. The number of anilines is 1. The SMILES string of the molecule is Cc1ncn2c1C(C)(C)c1ccc(C(=O)Nc3cccc(-c4nncn4C(C)C)n3)cc1-2. The number of nitrogens with one attached hydrogen (secondary N) is 1. The van der Waals surface area contributed by atoms with E-state index in [1.807, 2.05) is 48.1 Å². The van der Waals surface area contributed by atoms with Crippen LogP contribution in [-0.4, -0.2) is 35.2 Å². The van der Waals surface area contributed by atoms with Gasteiger partial charge in [0.2, 0.25) is 0 Å². The fourth-order valence-electron chi connectivity index (χ4n) is 4.52. The van der Waals surface area contributed by atoms with E-state index in [0.717, 1.165) is 17.1 Å². The van der Waals surface area contributed by atoms with Crippen LogP contribution in [0.15, 0.2) is 49.1 Å². The van der Waals surface area contributed by atoms with E-state index in [1.165, 1.54) is 5.56 Å². The summed E-state index contributed by atoms with van der Waals surface area (Å²) in [6, 6.07) is 11.5. The van der Waals surface area contributed by atoms with Gasteiger partial charge in [0.05, 0.1) is 23.4 Å². The second kappa shape index (κ2) is 7.12. The van der Waals surface area contributed by atoms with E-state index in [-0.39, 0.29) is 17.4 Å². The van der Waals surface area contributed by atoms with Gasteiger partial charge in [0.1, 0.15) is 17.8 Å². The van der Waals surface area contributed by atoms with Crippen molar-refractivity contribution in [2.75, 3.05) is 5.32 Å². The van der Waals surface area contributed by atoms with Crippen molar-refractivity contribution in [3.63, 3.8) is 0 Å². The number of hydrogen-bond donors (Lipinski definition) is 1. The maximum atomic E-state index is 13.1. The van der Waals surface area contributed by atoms with Crippen LogP contribution >= 0.6 is 0 Å². The number of fused-ring (bicyclic) bond motifs is 3. The molecule has 4 heterocycles. The van der Waals surface area contributed by atoms with Crippen LogP contribution in [0.25, 0.3) is 17.2 Å². The highest BCUT2D eigenvalue weighted by molar-refractivity contribution is 6.04. The van der Waals surface area contributed by atoms with E-state index < -0.39 is 0 Å². The third-order valence-electron chi connectivity index (χ3n) is 6.08. The third kappa shape index (κ3) is 3.02. The first-order valence-electron chi connectivity index (χ1n) is 10.6. The predicted molar refractivity (Wildman–Crippen MR) is 122 cm³/mol. The van der Waals surface area contributed by atoms with Crippen molar-refractivity contribution in [1.82, 2.24) is 29.3 Å². The Hall–Kier alpha value is -3.81. The monoisotopic (exact) mass is 427 g/mol. The van der Waals surface area contributed by atoms with E-state index in [9.17, 15) is 4.79 Å². The molecular formula is C24H25N7O. The Bertz CT molecular complexity index is 1350. The lowest BCUT2D eigenvalue weighted by Crippen LogP contribution is -2.17. The maximum absolute atomic E-state index is 13.1. The van der Waals surface area contributed by atoms with Gasteiger partial charge in [-0.15, -0.1) is 10.2 Å². The Labute approximate surface area is 186 Å².